The monoisotopic (exact) mass is 241 g/mol. The number of rotatable bonds is 7. The van der Waals surface area contributed by atoms with Gasteiger partial charge >= 0.3 is 0 Å². The molecule has 1 fully saturated rings. The summed E-state index contributed by atoms with van der Waals surface area (Å²) in [5, 5.41) is 0. The number of hydrogen-bond acceptors (Lipinski definition) is 3. The first-order valence-corrected chi connectivity index (χ1v) is 7.18. The maximum atomic E-state index is 6.33. The normalized spacial score (nSPS) is 20.1. The third kappa shape index (κ3) is 6.39. The van der Waals surface area contributed by atoms with Gasteiger partial charge in [-0.05, 0) is 59.4 Å². The highest BCUT2D eigenvalue weighted by molar-refractivity contribution is 4.78. The van der Waals surface area contributed by atoms with Crippen LogP contribution in [0.4, 0.5) is 0 Å². The smallest absolute Gasteiger partial charge is 0.0196 e. The fourth-order valence-corrected chi connectivity index (χ4v) is 2.82. The van der Waals surface area contributed by atoms with Crippen LogP contribution in [0.3, 0.4) is 0 Å². The van der Waals surface area contributed by atoms with Crippen molar-refractivity contribution in [2.75, 3.05) is 40.8 Å². The first-order chi connectivity index (χ1) is 8.09. The van der Waals surface area contributed by atoms with E-state index in [-0.39, 0.29) is 0 Å². The molecule has 0 aromatic heterocycles. The third-order valence-electron chi connectivity index (χ3n) is 3.92. The van der Waals surface area contributed by atoms with Crippen LogP contribution in [0, 0.1) is 5.92 Å². The Morgan fingerprint density at radius 3 is 2.29 bits per heavy atom. The molecule has 0 spiro atoms. The van der Waals surface area contributed by atoms with Crippen LogP contribution in [0.5, 0.6) is 0 Å². The van der Waals surface area contributed by atoms with E-state index in [9.17, 15) is 0 Å². The van der Waals surface area contributed by atoms with Gasteiger partial charge in [0.2, 0.25) is 0 Å². The Morgan fingerprint density at radius 2 is 1.71 bits per heavy atom. The molecule has 3 nitrogen and oxygen atoms in total. The second-order valence-corrected chi connectivity index (χ2v) is 5.98. The van der Waals surface area contributed by atoms with Crippen molar-refractivity contribution in [3.63, 3.8) is 0 Å². The minimum atomic E-state index is 0.389. The average molecular weight is 241 g/mol. The predicted molar refractivity (Wildman–Crippen MR) is 75.2 cm³/mol. The van der Waals surface area contributed by atoms with Gasteiger partial charge in [0.25, 0.3) is 0 Å². The first-order valence-electron chi connectivity index (χ1n) is 7.18. The average Bonchev–Trinajstić information content (AvgIpc) is 2.29. The van der Waals surface area contributed by atoms with Crippen molar-refractivity contribution in [2.45, 2.75) is 44.6 Å². The quantitative estimate of drug-likeness (QED) is 0.737. The molecule has 1 aliphatic rings. The highest BCUT2D eigenvalue weighted by Crippen LogP contribution is 2.25. The van der Waals surface area contributed by atoms with E-state index in [4.69, 9.17) is 5.73 Å². The highest BCUT2D eigenvalue weighted by Gasteiger charge is 2.21. The molecule has 0 aliphatic heterocycles. The summed E-state index contributed by atoms with van der Waals surface area (Å²) in [6, 6.07) is 0.389. The Morgan fingerprint density at radius 1 is 1.06 bits per heavy atom. The summed E-state index contributed by atoms with van der Waals surface area (Å²) < 4.78 is 0. The minimum Gasteiger partial charge on any atom is -0.326 e. The van der Waals surface area contributed by atoms with Gasteiger partial charge in [-0.3, -0.25) is 0 Å². The predicted octanol–water partition coefficient (Wildman–Crippen LogP) is 1.78. The lowest BCUT2D eigenvalue weighted by atomic mass is 9.84. The largest absolute Gasteiger partial charge is 0.326 e. The number of nitrogens with two attached hydrogens (primary N) is 1. The van der Waals surface area contributed by atoms with Crippen molar-refractivity contribution in [1.29, 1.82) is 0 Å². The van der Waals surface area contributed by atoms with Gasteiger partial charge in [0.15, 0.2) is 0 Å². The molecule has 0 saturated heterocycles. The van der Waals surface area contributed by atoms with E-state index < -0.39 is 0 Å². The second kappa shape index (κ2) is 8.06. The Bertz CT molecular complexity index is 188. The molecule has 0 bridgehead atoms. The molecular weight excluding hydrogens is 210 g/mol. The maximum absolute atomic E-state index is 6.33. The van der Waals surface area contributed by atoms with Crippen molar-refractivity contribution >= 4 is 0 Å². The molecule has 0 aromatic rings. The topological polar surface area (TPSA) is 32.5 Å². The lowest BCUT2D eigenvalue weighted by Crippen LogP contribution is -2.42. The van der Waals surface area contributed by atoms with Crippen LogP contribution >= 0.6 is 0 Å². The molecule has 1 atom stereocenters. The van der Waals surface area contributed by atoms with Crippen LogP contribution in [-0.2, 0) is 0 Å². The van der Waals surface area contributed by atoms with Gasteiger partial charge in [-0.25, -0.2) is 0 Å². The van der Waals surface area contributed by atoms with E-state index in [1.54, 1.807) is 0 Å². The van der Waals surface area contributed by atoms with Crippen molar-refractivity contribution in [2.24, 2.45) is 11.7 Å². The summed E-state index contributed by atoms with van der Waals surface area (Å²) >= 11 is 0. The Labute approximate surface area is 107 Å². The van der Waals surface area contributed by atoms with Crippen molar-refractivity contribution < 1.29 is 0 Å². The SMILES string of the molecule is CN(C)CCCN(C)CC(N)C1CCCCC1. The Balaban J connectivity index is 2.13. The van der Waals surface area contributed by atoms with Gasteiger partial charge in [-0.2, -0.15) is 0 Å². The van der Waals surface area contributed by atoms with Crippen molar-refractivity contribution in [3.8, 4) is 0 Å². The van der Waals surface area contributed by atoms with E-state index in [1.165, 1.54) is 51.6 Å². The summed E-state index contributed by atoms with van der Waals surface area (Å²) in [5.41, 5.74) is 6.33. The molecule has 0 radical (unpaired) electrons. The standard InChI is InChI=1S/C14H31N3/c1-16(2)10-7-11-17(3)12-14(15)13-8-5-4-6-9-13/h13-14H,4-12,15H2,1-3H3. The molecule has 0 heterocycles. The van der Waals surface area contributed by atoms with Gasteiger partial charge in [0, 0.05) is 12.6 Å². The van der Waals surface area contributed by atoms with E-state index in [0.29, 0.717) is 6.04 Å². The molecule has 1 unspecified atom stereocenters. The van der Waals surface area contributed by atoms with E-state index in [2.05, 4.69) is 30.9 Å². The minimum absolute atomic E-state index is 0.389. The molecule has 0 aromatic carbocycles. The van der Waals surface area contributed by atoms with Gasteiger partial charge < -0.3 is 15.5 Å². The lowest BCUT2D eigenvalue weighted by Gasteiger charge is -2.30. The molecule has 1 saturated carbocycles. The Hall–Kier alpha value is -0.120. The molecule has 2 N–H and O–H groups in total. The van der Waals surface area contributed by atoms with Crippen molar-refractivity contribution in [1.82, 2.24) is 9.80 Å². The molecule has 1 rings (SSSR count). The van der Waals surface area contributed by atoms with Crippen molar-refractivity contribution in [3.05, 3.63) is 0 Å². The van der Waals surface area contributed by atoms with Crippen LogP contribution in [0.25, 0.3) is 0 Å². The highest BCUT2D eigenvalue weighted by atomic mass is 15.1. The van der Waals surface area contributed by atoms with E-state index >= 15 is 0 Å². The molecule has 1 aliphatic carbocycles. The van der Waals surface area contributed by atoms with Gasteiger partial charge in [0.05, 0.1) is 0 Å². The van der Waals surface area contributed by atoms with Crippen LogP contribution in [-0.4, -0.2) is 56.6 Å². The Kier molecular flexibility index (Phi) is 7.09. The van der Waals surface area contributed by atoms with Gasteiger partial charge in [-0.1, -0.05) is 19.3 Å². The fraction of sp³-hybridized carbons (Fsp3) is 1.00. The zero-order valence-corrected chi connectivity index (χ0v) is 12.0. The van der Waals surface area contributed by atoms with Gasteiger partial charge in [-0.15, -0.1) is 0 Å². The summed E-state index contributed by atoms with van der Waals surface area (Å²) in [4.78, 5) is 4.65. The summed E-state index contributed by atoms with van der Waals surface area (Å²) in [7, 11) is 6.47. The second-order valence-electron chi connectivity index (χ2n) is 5.98. The number of likely N-dealkylation sites (N-methyl/N-ethyl adjacent to an activating group) is 1. The zero-order chi connectivity index (χ0) is 12.7. The van der Waals surface area contributed by atoms with Crippen LogP contribution in [0.2, 0.25) is 0 Å². The molecule has 102 valence electrons. The molecule has 3 heteroatoms. The number of hydrogen-bond donors (Lipinski definition) is 1. The van der Waals surface area contributed by atoms with E-state index in [1.807, 2.05) is 0 Å². The number of nitrogens with zero attached hydrogens (tertiary/aromatic N) is 2. The third-order valence-corrected chi connectivity index (χ3v) is 3.92. The van der Waals surface area contributed by atoms with Crippen LogP contribution in [0.1, 0.15) is 38.5 Å². The van der Waals surface area contributed by atoms with E-state index in [0.717, 1.165) is 12.5 Å². The molecular formula is C14H31N3. The summed E-state index contributed by atoms with van der Waals surface area (Å²) in [6.07, 6.45) is 8.15. The first kappa shape index (κ1) is 14.9. The lowest BCUT2D eigenvalue weighted by molar-refractivity contribution is 0.226. The summed E-state index contributed by atoms with van der Waals surface area (Å²) in [5.74, 6) is 0.778. The molecule has 17 heavy (non-hydrogen) atoms. The van der Waals surface area contributed by atoms with Crippen LogP contribution < -0.4 is 5.73 Å². The van der Waals surface area contributed by atoms with Crippen LogP contribution in [0.15, 0.2) is 0 Å². The fourth-order valence-electron chi connectivity index (χ4n) is 2.82. The summed E-state index contributed by atoms with van der Waals surface area (Å²) in [6.45, 7) is 3.40. The zero-order valence-electron chi connectivity index (χ0n) is 12.0. The van der Waals surface area contributed by atoms with Gasteiger partial charge in [0.1, 0.15) is 0 Å². The maximum Gasteiger partial charge on any atom is 0.0196 e. The molecule has 0 amide bonds.